The van der Waals surface area contributed by atoms with Gasteiger partial charge in [-0.3, -0.25) is 0 Å². The van der Waals surface area contributed by atoms with Crippen LogP contribution in [0.2, 0.25) is 0 Å². The van der Waals surface area contributed by atoms with Crippen molar-refractivity contribution < 1.29 is 0 Å². The number of nitrogen functional groups attached to an aromatic ring is 2. The number of nitrogens with one attached hydrogen (secondary N) is 3. The fourth-order valence-electron chi connectivity index (χ4n) is 2.96. The zero-order valence-corrected chi connectivity index (χ0v) is 16.2. The molecule has 1 aliphatic carbocycles. The number of hydrogen-bond donors (Lipinski definition) is 5. The summed E-state index contributed by atoms with van der Waals surface area (Å²) < 4.78 is 0. The summed E-state index contributed by atoms with van der Waals surface area (Å²) in [4.78, 5) is 13.5. The number of nitrogens with two attached hydrogens (primary N) is 2. The van der Waals surface area contributed by atoms with Gasteiger partial charge in [-0.2, -0.15) is 15.0 Å². The molecule has 0 amide bonds. The molecule has 2 aromatic carbocycles. The van der Waals surface area contributed by atoms with E-state index in [1.165, 1.54) is 12.8 Å². The predicted octanol–water partition coefficient (Wildman–Crippen LogP) is 3.26. The van der Waals surface area contributed by atoms with Crippen LogP contribution in [0, 0.1) is 5.92 Å². The molecule has 7 N–H and O–H groups in total. The molecular weight excluding hydrogens is 364 g/mol. The lowest BCUT2D eigenvalue weighted by Crippen LogP contribution is -2.14. The Kier molecular flexibility index (Phi) is 5.60. The lowest BCUT2D eigenvalue weighted by atomic mass is 10.1. The molecule has 0 radical (unpaired) electrons. The minimum atomic E-state index is 0.468. The number of nitrogens with zero attached hydrogens (tertiary/aromatic N) is 3. The summed E-state index contributed by atoms with van der Waals surface area (Å²) in [6.07, 6.45) is 3.34. The summed E-state index contributed by atoms with van der Waals surface area (Å²) >= 11 is 0. The van der Waals surface area contributed by atoms with Gasteiger partial charge in [-0.05, 0) is 61.1 Å². The van der Waals surface area contributed by atoms with E-state index in [0.29, 0.717) is 30.1 Å². The average molecular weight is 390 g/mol. The minimum absolute atomic E-state index is 0.468. The van der Waals surface area contributed by atoms with Crippen LogP contribution < -0.4 is 27.4 Å². The van der Waals surface area contributed by atoms with Gasteiger partial charge in [0.2, 0.25) is 17.8 Å². The highest BCUT2D eigenvalue weighted by molar-refractivity contribution is 5.60. The number of anilines is 6. The number of aromatic nitrogens is 3. The van der Waals surface area contributed by atoms with E-state index in [4.69, 9.17) is 11.5 Å². The first-order chi connectivity index (χ1) is 14.1. The quantitative estimate of drug-likeness (QED) is 0.352. The Balaban J connectivity index is 1.45. The van der Waals surface area contributed by atoms with E-state index >= 15 is 0 Å². The number of benzene rings is 2. The topological polar surface area (TPSA) is 127 Å². The highest BCUT2D eigenvalue weighted by atomic mass is 15.3. The Bertz CT molecular complexity index is 970. The van der Waals surface area contributed by atoms with E-state index in [0.717, 1.165) is 35.8 Å². The molecule has 0 spiro atoms. The summed E-state index contributed by atoms with van der Waals surface area (Å²) in [5.41, 5.74) is 15.2. The van der Waals surface area contributed by atoms with Crippen molar-refractivity contribution >= 4 is 34.9 Å². The first kappa shape index (κ1) is 18.8. The zero-order chi connectivity index (χ0) is 20.1. The van der Waals surface area contributed by atoms with Crippen LogP contribution >= 0.6 is 0 Å². The third kappa shape index (κ3) is 5.71. The number of hydrogen-bond acceptors (Lipinski definition) is 8. The fraction of sp³-hybridized carbons (Fsp3) is 0.286. The minimum Gasteiger partial charge on any atom is -0.399 e. The zero-order valence-electron chi connectivity index (χ0n) is 16.2. The SMILES string of the molecule is Nc1cccc(CCNc2nc(NCC3CC3)nc(Nc3cccc(N)c3)n2)c1. The van der Waals surface area contributed by atoms with Crippen LogP contribution in [0.1, 0.15) is 18.4 Å². The Hall–Kier alpha value is -3.55. The van der Waals surface area contributed by atoms with Crippen LogP contribution in [0.4, 0.5) is 34.9 Å². The second kappa shape index (κ2) is 8.64. The van der Waals surface area contributed by atoms with Crippen molar-refractivity contribution in [1.82, 2.24) is 15.0 Å². The van der Waals surface area contributed by atoms with Crippen LogP contribution in [0.3, 0.4) is 0 Å². The largest absolute Gasteiger partial charge is 0.399 e. The van der Waals surface area contributed by atoms with E-state index in [2.05, 4.69) is 37.0 Å². The van der Waals surface area contributed by atoms with Gasteiger partial charge in [0.1, 0.15) is 0 Å². The molecule has 0 saturated heterocycles. The smallest absolute Gasteiger partial charge is 0.233 e. The van der Waals surface area contributed by atoms with Gasteiger partial charge in [0, 0.05) is 30.2 Å². The van der Waals surface area contributed by atoms with Gasteiger partial charge >= 0.3 is 0 Å². The fourth-order valence-corrected chi connectivity index (χ4v) is 2.96. The molecule has 1 aliphatic rings. The maximum atomic E-state index is 5.86. The maximum Gasteiger partial charge on any atom is 0.233 e. The van der Waals surface area contributed by atoms with E-state index in [1.54, 1.807) is 0 Å². The van der Waals surface area contributed by atoms with Crippen molar-refractivity contribution in [3.05, 3.63) is 54.1 Å². The Morgan fingerprint density at radius 1 is 0.828 bits per heavy atom. The summed E-state index contributed by atoms with van der Waals surface area (Å²) in [6.45, 7) is 1.57. The highest BCUT2D eigenvalue weighted by Crippen LogP contribution is 2.28. The van der Waals surface area contributed by atoms with Gasteiger partial charge in [0.05, 0.1) is 0 Å². The standard InChI is InChI=1S/C21H26N8/c22-16-4-1-3-14(11-16)9-10-24-19-27-20(25-13-15-7-8-15)29-21(28-19)26-18-6-2-5-17(23)12-18/h1-6,11-12,15H,7-10,13,22-23H2,(H3,24,25,26,27,28,29). The molecule has 4 rings (SSSR count). The summed E-state index contributed by atoms with van der Waals surface area (Å²) in [6, 6.07) is 15.4. The molecule has 0 unspecified atom stereocenters. The highest BCUT2D eigenvalue weighted by Gasteiger charge is 2.21. The molecule has 8 nitrogen and oxygen atoms in total. The predicted molar refractivity (Wildman–Crippen MR) is 118 cm³/mol. The van der Waals surface area contributed by atoms with Crippen LogP contribution in [-0.2, 0) is 6.42 Å². The van der Waals surface area contributed by atoms with Crippen LogP contribution in [-0.4, -0.2) is 28.0 Å². The van der Waals surface area contributed by atoms with Gasteiger partial charge in [-0.15, -0.1) is 0 Å². The van der Waals surface area contributed by atoms with Gasteiger partial charge in [0.15, 0.2) is 0 Å². The van der Waals surface area contributed by atoms with Crippen molar-refractivity contribution in [2.24, 2.45) is 5.92 Å². The van der Waals surface area contributed by atoms with E-state index in [9.17, 15) is 0 Å². The van der Waals surface area contributed by atoms with Crippen molar-refractivity contribution in [1.29, 1.82) is 0 Å². The van der Waals surface area contributed by atoms with E-state index in [-0.39, 0.29) is 0 Å². The Morgan fingerprint density at radius 3 is 2.24 bits per heavy atom. The molecule has 3 aromatic rings. The Morgan fingerprint density at radius 2 is 1.52 bits per heavy atom. The molecule has 1 aromatic heterocycles. The van der Waals surface area contributed by atoms with Gasteiger partial charge in [-0.25, -0.2) is 0 Å². The monoisotopic (exact) mass is 390 g/mol. The van der Waals surface area contributed by atoms with Gasteiger partial charge < -0.3 is 27.4 Å². The third-order valence-electron chi connectivity index (χ3n) is 4.67. The van der Waals surface area contributed by atoms with Gasteiger partial charge in [0.25, 0.3) is 0 Å². The first-order valence-electron chi connectivity index (χ1n) is 9.85. The second-order valence-corrected chi connectivity index (χ2v) is 7.30. The van der Waals surface area contributed by atoms with Crippen molar-refractivity contribution in [3.63, 3.8) is 0 Å². The average Bonchev–Trinajstić information content (AvgIpc) is 3.51. The molecule has 8 heteroatoms. The third-order valence-corrected chi connectivity index (χ3v) is 4.67. The van der Waals surface area contributed by atoms with E-state index < -0.39 is 0 Å². The summed E-state index contributed by atoms with van der Waals surface area (Å²) in [5.74, 6) is 2.27. The molecule has 1 saturated carbocycles. The summed E-state index contributed by atoms with van der Waals surface area (Å²) in [7, 11) is 0. The summed E-state index contributed by atoms with van der Waals surface area (Å²) in [5, 5.41) is 9.81. The van der Waals surface area contributed by atoms with Crippen LogP contribution in [0.5, 0.6) is 0 Å². The molecular formula is C21H26N8. The second-order valence-electron chi connectivity index (χ2n) is 7.30. The number of rotatable bonds is 9. The Labute approximate surface area is 170 Å². The molecule has 29 heavy (non-hydrogen) atoms. The molecule has 0 bridgehead atoms. The molecule has 1 fully saturated rings. The van der Waals surface area contributed by atoms with Crippen LogP contribution in [0.25, 0.3) is 0 Å². The first-order valence-corrected chi connectivity index (χ1v) is 9.85. The van der Waals surface area contributed by atoms with Crippen molar-refractivity contribution in [2.45, 2.75) is 19.3 Å². The van der Waals surface area contributed by atoms with Crippen molar-refractivity contribution in [3.8, 4) is 0 Å². The van der Waals surface area contributed by atoms with Crippen LogP contribution in [0.15, 0.2) is 48.5 Å². The van der Waals surface area contributed by atoms with Gasteiger partial charge in [-0.1, -0.05) is 18.2 Å². The normalized spacial score (nSPS) is 13.1. The molecule has 0 aliphatic heterocycles. The lowest BCUT2D eigenvalue weighted by molar-refractivity contribution is 0.867. The molecule has 0 atom stereocenters. The van der Waals surface area contributed by atoms with E-state index in [1.807, 2.05) is 42.5 Å². The molecule has 1 heterocycles. The lowest BCUT2D eigenvalue weighted by Gasteiger charge is -2.11. The maximum absolute atomic E-state index is 5.86. The van der Waals surface area contributed by atoms with Crippen molar-refractivity contribution in [2.75, 3.05) is 40.5 Å². The molecule has 150 valence electrons.